The minimum absolute atomic E-state index is 0. The number of halogens is 2. The molecule has 0 aromatic heterocycles. The summed E-state index contributed by atoms with van der Waals surface area (Å²) < 4.78 is 4.87. The summed E-state index contributed by atoms with van der Waals surface area (Å²) >= 11 is -1.69. The van der Waals surface area contributed by atoms with E-state index in [9.17, 15) is 0 Å². The van der Waals surface area contributed by atoms with Crippen LogP contribution < -0.4 is 28.1 Å². The molecule has 1 aliphatic rings. The van der Waals surface area contributed by atoms with Crippen molar-refractivity contribution < 1.29 is 45.7 Å². The third-order valence-electron chi connectivity index (χ3n) is 3.78. The molecule has 0 bridgehead atoms. The predicted molar refractivity (Wildman–Crippen MR) is 80.0 cm³/mol. The number of allylic oxidation sites excluding steroid dienone is 1. The Morgan fingerprint density at radius 1 is 1.25 bits per heavy atom. The van der Waals surface area contributed by atoms with Gasteiger partial charge in [0.2, 0.25) is 0 Å². The average Bonchev–Trinajstić information content (AvgIpc) is 2.79. The third kappa shape index (κ3) is 4.81. The van der Waals surface area contributed by atoms with Gasteiger partial charge in [-0.2, -0.15) is 0 Å². The fourth-order valence-electron chi connectivity index (χ4n) is 2.52. The van der Waals surface area contributed by atoms with Gasteiger partial charge in [0.25, 0.3) is 0 Å². The van der Waals surface area contributed by atoms with Crippen molar-refractivity contribution in [1.29, 1.82) is 0 Å². The van der Waals surface area contributed by atoms with Crippen LogP contribution in [0.5, 0.6) is 0 Å². The van der Waals surface area contributed by atoms with Crippen LogP contribution in [0, 0.1) is 0 Å². The normalized spacial score (nSPS) is 17.1. The molecule has 0 fully saturated rings. The minimum atomic E-state index is -1.69. The summed E-state index contributed by atoms with van der Waals surface area (Å²) in [6.45, 7) is 9.74. The molecule has 2 rings (SSSR count). The van der Waals surface area contributed by atoms with E-state index in [0.717, 1.165) is 3.67 Å². The first kappa shape index (κ1) is 20.6. The SMILES string of the molecule is CCC(C)[NH][Hf+2]([CH]1C=Cc2ccccc21)[SiH](C)C.[Cl-].[Cl-]. The Balaban J connectivity index is 0.00000180. The fraction of sp³-hybridized carbons (Fsp3) is 0.467. The second-order valence-electron chi connectivity index (χ2n) is 5.53. The van der Waals surface area contributed by atoms with Gasteiger partial charge in [0, 0.05) is 0 Å². The Morgan fingerprint density at radius 3 is 2.50 bits per heavy atom. The van der Waals surface area contributed by atoms with Gasteiger partial charge >= 0.3 is 121 Å². The molecule has 0 aliphatic heterocycles. The van der Waals surface area contributed by atoms with E-state index in [0.29, 0.717) is 6.04 Å². The number of hydrogen-bond donors (Lipinski definition) is 1. The van der Waals surface area contributed by atoms with E-state index in [-0.39, 0.29) is 24.8 Å². The van der Waals surface area contributed by atoms with E-state index in [4.69, 9.17) is 0 Å². The van der Waals surface area contributed by atoms with E-state index in [1.54, 1.807) is 5.56 Å². The number of rotatable bonds is 5. The standard InChI is InChI=1S/C9H7.C4H10N.C2H7Si.2ClH.Hf/c1-2-5-9-7-3-6-8(9)4-1;1-3-4(2)5;1-3-2;;;/h1-7H;4-5H,3H2,1-2H3;3H,1-2H3;2*1H;/q;-1;;;;+3/p-2. The van der Waals surface area contributed by atoms with E-state index < -0.39 is 26.9 Å². The summed E-state index contributed by atoms with van der Waals surface area (Å²) in [5.41, 5.74) is 3.07. The molecule has 0 saturated carbocycles. The third-order valence-corrected chi connectivity index (χ3v) is 29.9. The molecule has 1 aromatic carbocycles. The molecule has 111 valence electrons. The molecule has 20 heavy (non-hydrogen) atoms. The van der Waals surface area contributed by atoms with E-state index in [1.165, 1.54) is 12.0 Å². The van der Waals surface area contributed by atoms with Crippen LogP contribution in [0.3, 0.4) is 0 Å². The quantitative estimate of drug-likeness (QED) is 0.452. The van der Waals surface area contributed by atoms with Crippen LogP contribution in [0.25, 0.3) is 6.08 Å². The van der Waals surface area contributed by atoms with Gasteiger partial charge in [0.05, 0.1) is 0 Å². The molecule has 2 atom stereocenters. The first-order chi connectivity index (χ1) is 8.63. The molecule has 0 spiro atoms. The molecular weight excluding hydrogens is 472 g/mol. The van der Waals surface area contributed by atoms with Gasteiger partial charge in [-0.05, 0) is 0 Å². The maximum atomic E-state index is 4.07. The van der Waals surface area contributed by atoms with Crippen LogP contribution >= 0.6 is 0 Å². The zero-order chi connectivity index (χ0) is 13.1. The van der Waals surface area contributed by atoms with Gasteiger partial charge in [-0.15, -0.1) is 0 Å². The molecule has 5 heteroatoms. The van der Waals surface area contributed by atoms with Crippen LogP contribution in [-0.2, 0) is 20.9 Å². The van der Waals surface area contributed by atoms with Gasteiger partial charge < -0.3 is 24.8 Å². The summed E-state index contributed by atoms with van der Waals surface area (Å²) in [5.74, 6) is -0.517. The maximum Gasteiger partial charge on any atom is -1.00 e. The number of benzene rings is 1. The molecule has 1 N–H and O–H groups in total. The van der Waals surface area contributed by atoms with Gasteiger partial charge in [-0.1, -0.05) is 0 Å². The Bertz CT molecular complexity index is 440. The molecule has 1 nitrogen and oxygen atoms in total. The molecule has 1 aliphatic carbocycles. The van der Waals surface area contributed by atoms with Crippen molar-refractivity contribution in [1.82, 2.24) is 3.30 Å². The number of fused-ring (bicyclic) bond motifs is 1. The van der Waals surface area contributed by atoms with Crippen LogP contribution in [0.4, 0.5) is 0 Å². The van der Waals surface area contributed by atoms with Crippen molar-refractivity contribution in [3.63, 3.8) is 0 Å². The van der Waals surface area contributed by atoms with Crippen LogP contribution in [0.2, 0.25) is 13.1 Å². The topological polar surface area (TPSA) is 12.0 Å². The zero-order valence-corrected chi connectivity index (χ0v) is 18.9. The van der Waals surface area contributed by atoms with Crippen molar-refractivity contribution in [2.75, 3.05) is 0 Å². The van der Waals surface area contributed by atoms with Gasteiger partial charge in [-0.3, -0.25) is 0 Å². The molecule has 0 amide bonds. The summed E-state index contributed by atoms with van der Waals surface area (Å²) in [6.07, 6.45) is 6.10. The van der Waals surface area contributed by atoms with Crippen LogP contribution in [0.15, 0.2) is 30.3 Å². The summed E-state index contributed by atoms with van der Waals surface area (Å²) in [7, 11) is 0. The Labute approximate surface area is 144 Å². The second kappa shape index (κ2) is 9.57. The summed E-state index contributed by atoms with van der Waals surface area (Å²) in [5, 5.41) is 0. The second-order valence-corrected chi connectivity index (χ2v) is 31.9. The first-order valence-electron chi connectivity index (χ1n) is 7.03. The fourth-order valence-corrected chi connectivity index (χ4v) is 26.3. The Kier molecular flexibility index (Phi) is 9.85. The smallest absolute Gasteiger partial charge is 1.00 e. The van der Waals surface area contributed by atoms with E-state index >= 15 is 0 Å². The molecular formula is C15H24Cl2HfNSi. The zero-order valence-electron chi connectivity index (χ0n) is 12.7. The Morgan fingerprint density at radius 2 is 1.90 bits per heavy atom. The predicted octanol–water partition coefficient (Wildman–Crippen LogP) is -2.33. The molecule has 1 aromatic rings. The van der Waals surface area contributed by atoms with Gasteiger partial charge in [-0.25, -0.2) is 0 Å². The van der Waals surface area contributed by atoms with Gasteiger partial charge in [0.1, 0.15) is 0 Å². The van der Waals surface area contributed by atoms with Crippen molar-refractivity contribution in [3.8, 4) is 0 Å². The minimum Gasteiger partial charge on any atom is -1.00 e. The maximum absolute atomic E-state index is 4.07. The van der Waals surface area contributed by atoms with Crippen molar-refractivity contribution in [2.24, 2.45) is 0 Å². The average molecular weight is 496 g/mol. The number of nitrogens with one attached hydrogen (secondary N) is 1. The van der Waals surface area contributed by atoms with Crippen molar-refractivity contribution in [2.45, 2.75) is 43.1 Å². The van der Waals surface area contributed by atoms with E-state index in [1.807, 2.05) is 0 Å². The first-order valence-corrected chi connectivity index (χ1v) is 20.0. The van der Waals surface area contributed by atoms with Crippen LogP contribution in [-0.4, -0.2) is 12.0 Å². The molecule has 0 saturated heterocycles. The van der Waals surface area contributed by atoms with E-state index in [2.05, 4.69) is 66.7 Å². The van der Waals surface area contributed by atoms with Crippen molar-refractivity contribution >= 4 is 12.1 Å². The number of hydrogen-bond acceptors (Lipinski definition) is 1. The Hall–Kier alpha value is 0.587. The summed E-state index contributed by atoms with van der Waals surface area (Å²) in [6, 6.07) is 9.68. The molecule has 0 radical (unpaired) electrons. The van der Waals surface area contributed by atoms with Gasteiger partial charge in [0.15, 0.2) is 0 Å². The van der Waals surface area contributed by atoms with Crippen molar-refractivity contribution in [3.05, 3.63) is 41.5 Å². The molecule has 2 unspecified atom stereocenters. The molecule has 0 heterocycles. The monoisotopic (exact) mass is 496 g/mol. The largest absolute Gasteiger partial charge is 1.00 e. The van der Waals surface area contributed by atoms with Crippen LogP contribution in [0.1, 0.15) is 35.1 Å². The summed E-state index contributed by atoms with van der Waals surface area (Å²) in [4.78, 5) is 0.